The van der Waals surface area contributed by atoms with Crippen LogP contribution in [0.2, 0.25) is 0 Å². The molecule has 3 aromatic heterocycles. The third kappa shape index (κ3) is 2.66. The average molecular weight is 350 g/mol. The molecule has 0 amide bonds. The number of benzene rings is 1. The van der Waals surface area contributed by atoms with Crippen LogP contribution in [0.15, 0.2) is 33.2 Å². The molecule has 0 unspecified atom stereocenters. The topological polar surface area (TPSA) is 65.5 Å². The van der Waals surface area contributed by atoms with Crippen LogP contribution in [-0.4, -0.2) is 39.1 Å². The zero-order chi connectivity index (χ0) is 15.8. The number of alkyl halides is 1. The smallest absolute Gasteiger partial charge is 0.247 e. The number of aromatic nitrogens is 4. The maximum Gasteiger partial charge on any atom is 0.247 e. The number of thioether (sulfide) groups is 1. The van der Waals surface area contributed by atoms with E-state index in [1.165, 1.54) is 11.3 Å². The Labute approximate surface area is 138 Å². The molecule has 23 heavy (non-hydrogen) atoms. The Morgan fingerprint density at radius 2 is 2.30 bits per heavy atom. The van der Waals surface area contributed by atoms with E-state index in [0.717, 1.165) is 9.30 Å². The highest BCUT2D eigenvalue weighted by atomic mass is 32.2. The number of nitrogens with zero attached hydrogens (tertiary/aromatic N) is 4. The Morgan fingerprint density at radius 3 is 3.09 bits per heavy atom. The van der Waals surface area contributed by atoms with Crippen LogP contribution in [0, 0.1) is 0 Å². The SMILES string of the molecule is CSc1nn2cc(-c3nc4ccc(OCCF)cc4o3)nc2s1. The first-order valence-corrected chi connectivity index (χ1v) is 8.81. The molecule has 118 valence electrons. The van der Waals surface area contributed by atoms with Gasteiger partial charge >= 0.3 is 0 Å². The second-order valence-corrected chi connectivity index (χ2v) is 6.62. The lowest BCUT2D eigenvalue weighted by Crippen LogP contribution is -1.97. The molecule has 0 spiro atoms. The number of ether oxygens (including phenoxy) is 1. The predicted molar refractivity (Wildman–Crippen MR) is 87.1 cm³/mol. The number of rotatable bonds is 5. The van der Waals surface area contributed by atoms with Gasteiger partial charge in [-0.05, 0) is 18.4 Å². The quantitative estimate of drug-likeness (QED) is 0.512. The van der Waals surface area contributed by atoms with Crippen LogP contribution in [0.5, 0.6) is 5.75 Å². The molecule has 1 aromatic carbocycles. The highest BCUT2D eigenvalue weighted by Crippen LogP contribution is 2.29. The van der Waals surface area contributed by atoms with Gasteiger partial charge in [0.05, 0.1) is 6.20 Å². The van der Waals surface area contributed by atoms with Crippen molar-refractivity contribution in [1.29, 1.82) is 0 Å². The minimum Gasteiger partial charge on any atom is -0.491 e. The van der Waals surface area contributed by atoms with E-state index in [0.29, 0.717) is 28.4 Å². The van der Waals surface area contributed by atoms with Gasteiger partial charge in [-0.15, -0.1) is 5.10 Å². The van der Waals surface area contributed by atoms with Crippen molar-refractivity contribution in [2.45, 2.75) is 4.34 Å². The van der Waals surface area contributed by atoms with E-state index >= 15 is 0 Å². The van der Waals surface area contributed by atoms with E-state index in [1.807, 2.05) is 6.26 Å². The van der Waals surface area contributed by atoms with E-state index in [2.05, 4.69) is 15.1 Å². The molecule has 0 N–H and O–H groups in total. The van der Waals surface area contributed by atoms with Crippen molar-refractivity contribution in [2.75, 3.05) is 19.5 Å². The Kier molecular flexibility index (Phi) is 3.66. The van der Waals surface area contributed by atoms with Gasteiger partial charge in [-0.1, -0.05) is 23.1 Å². The van der Waals surface area contributed by atoms with Gasteiger partial charge in [-0.25, -0.2) is 18.9 Å². The normalized spacial score (nSPS) is 11.6. The molecule has 4 rings (SSSR count). The van der Waals surface area contributed by atoms with E-state index in [9.17, 15) is 4.39 Å². The lowest BCUT2D eigenvalue weighted by atomic mass is 10.3. The van der Waals surface area contributed by atoms with E-state index in [-0.39, 0.29) is 6.61 Å². The second-order valence-electron chi connectivity index (χ2n) is 4.61. The van der Waals surface area contributed by atoms with Gasteiger partial charge in [-0.3, -0.25) is 0 Å². The van der Waals surface area contributed by atoms with Gasteiger partial charge in [0.15, 0.2) is 9.92 Å². The lowest BCUT2D eigenvalue weighted by molar-refractivity contribution is 0.273. The van der Waals surface area contributed by atoms with Crippen molar-refractivity contribution in [3.8, 4) is 17.3 Å². The van der Waals surface area contributed by atoms with Crippen molar-refractivity contribution in [2.24, 2.45) is 0 Å². The summed E-state index contributed by atoms with van der Waals surface area (Å²) in [4.78, 5) is 9.70. The molecular formula is C14H11FN4O2S2. The third-order valence-electron chi connectivity index (χ3n) is 3.12. The van der Waals surface area contributed by atoms with Crippen LogP contribution in [-0.2, 0) is 0 Å². The van der Waals surface area contributed by atoms with Crippen molar-refractivity contribution in [1.82, 2.24) is 19.6 Å². The van der Waals surface area contributed by atoms with Crippen molar-refractivity contribution in [3.63, 3.8) is 0 Å². The lowest BCUT2D eigenvalue weighted by Gasteiger charge is -2.01. The zero-order valence-electron chi connectivity index (χ0n) is 12.0. The number of fused-ring (bicyclic) bond motifs is 2. The first kappa shape index (κ1) is 14.5. The van der Waals surface area contributed by atoms with Crippen molar-refractivity contribution in [3.05, 3.63) is 24.4 Å². The van der Waals surface area contributed by atoms with E-state index in [1.54, 1.807) is 40.7 Å². The predicted octanol–water partition coefficient (Wildman–Crippen LogP) is 3.67. The highest BCUT2D eigenvalue weighted by molar-refractivity contribution is 8.00. The monoisotopic (exact) mass is 350 g/mol. The number of oxazole rings is 1. The molecule has 0 saturated heterocycles. The molecule has 0 bridgehead atoms. The van der Waals surface area contributed by atoms with E-state index in [4.69, 9.17) is 9.15 Å². The number of imidazole rings is 1. The highest BCUT2D eigenvalue weighted by Gasteiger charge is 2.15. The summed E-state index contributed by atoms with van der Waals surface area (Å²) in [5, 5.41) is 4.39. The number of halogens is 1. The van der Waals surface area contributed by atoms with Crippen LogP contribution in [0.1, 0.15) is 0 Å². The summed E-state index contributed by atoms with van der Waals surface area (Å²) in [7, 11) is 0. The summed E-state index contributed by atoms with van der Waals surface area (Å²) in [6, 6.07) is 5.21. The van der Waals surface area contributed by atoms with Crippen LogP contribution < -0.4 is 4.74 Å². The molecule has 3 heterocycles. The summed E-state index contributed by atoms with van der Waals surface area (Å²) in [6.45, 7) is -0.511. The van der Waals surface area contributed by atoms with Gasteiger partial charge in [0, 0.05) is 6.07 Å². The zero-order valence-corrected chi connectivity index (χ0v) is 13.7. The first-order valence-electron chi connectivity index (χ1n) is 6.77. The third-order valence-corrected chi connectivity index (χ3v) is 5.02. The van der Waals surface area contributed by atoms with Gasteiger partial charge < -0.3 is 9.15 Å². The molecule has 0 saturated carbocycles. The molecule has 9 heteroatoms. The fourth-order valence-corrected chi connectivity index (χ4v) is 3.47. The van der Waals surface area contributed by atoms with Crippen molar-refractivity contribution >= 4 is 39.2 Å². The molecule has 0 aliphatic rings. The standard InChI is InChI=1S/C14H11FN4O2S2/c1-22-14-18-19-7-10(17-13(19)23-14)12-16-9-3-2-8(20-5-4-15)6-11(9)21-12/h2-3,6-7H,4-5H2,1H3. The van der Waals surface area contributed by atoms with Gasteiger partial charge in [0.2, 0.25) is 10.9 Å². The van der Waals surface area contributed by atoms with Crippen LogP contribution >= 0.6 is 23.1 Å². The minimum atomic E-state index is -0.532. The van der Waals surface area contributed by atoms with Gasteiger partial charge in [0.25, 0.3) is 0 Å². The molecule has 0 aliphatic heterocycles. The molecule has 6 nitrogen and oxygen atoms in total. The average Bonchev–Trinajstić information content (AvgIpc) is 3.23. The van der Waals surface area contributed by atoms with E-state index < -0.39 is 6.67 Å². The molecule has 4 aromatic rings. The minimum absolute atomic E-state index is 0.0211. The Balaban J connectivity index is 1.70. The number of hydrogen-bond acceptors (Lipinski definition) is 7. The Morgan fingerprint density at radius 1 is 1.39 bits per heavy atom. The summed E-state index contributed by atoms with van der Waals surface area (Å²) < 4.78 is 25.8. The first-order chi connectivity index (χ1) is 11.3. The summed E-state index contributed by atoms with van der Waals surface area (Å²) in [5.74, 6) is 0.973. The van der Waals surface area contributed by atoms with Crippen LogP contribution in [0.4, 0.5) is 4.39 Å². The molecule has 0 radical (unpaired) electrons. The largest absolute Gasteiger partial charge is 0.491 e. The van der Waals surface area contributed by atoms with Crippen LogP contribution in [0.25, 0.3) is 27.6 Å². The van der Waals surface area contributed by atoms with Gasteiger partial charge in [-0.2, -0.15) is 0 Å². The number of hydrogen-bond donors (Lipinski definition) is 0. The van der Waals surface area contributed by atoms with Gasteiger partial charge in [0.1, 0.15) is 30.2 Å². The maximum atomic E-state index is 12.2. The fraction of sp³-hybridized carbons (Fsp3) is 0.214. The molecule has 0 aliphatic carbocycles. The van der Waals surface area contributed by atoms with Crippen molar-refractivity contribution < 1.29 is 13.5 Å². The fourth-order valence-electron chi connectivity index (χ4n) is 2.13. The maximum absolute atomic E-state index is 12.2. The summed E-state index contributed by atoms with van der Waals surface area (Å²) in [5.41, 5.74) is 1.89. The molecular weight excluding hydrogens is 339 g/mol. The van der Waals surface area contributed by atoms with Crippen LogP contribution in [0.3, 0.4) is 0 Å². The second kappa shape index (κ2) is 5.82. The molecule has 0 atom stereocenters. The summed E-state index contributed by atoms with van der Waals surface area (Å²) >= 11 is 3.09. The Bertz CT molecular complexity index is 946. The summed E-state index contributed by atoms with van der Waals surface area (Å²) in [6.07, 6.45) is 3.76. The Hall–Kier alpha value is -2.13. The molecule has 0 fully saturated rings.